The summed E-state index contributed by atoms with van der Waals surface area (Å²) in [7, 11) is 0. The van der Waals surface area contributed by atoms with E-state index in [-0.39, 0.29) is 0 Å². The molecule has 0 radical (unpaired) electrons. The van der Waals surface area contributed by atoms with Gasteiger partial charge in [0.1, 0.15) is 0 Å². The van der Waals surface area contributed by atoms with Crippen LogP contribution in [-0.2, 0) is 6.54 Å². The quantitative estimate of drug-likeness (QED) is 0.720. The Kier molecular flexibility index (Phi) is 3.49. The SMILES string of the molecule is CCCC1(CNCc2ccccc2N)CC1. The predicted octanol–water partition coefficient (Wildman–Crippen LogP) is 2.94. The Morgan fingerprint density at radius 1 is 1.31 bits per heavy atom. The standard InChI is InChI=1S/C14H22N2/c1-2-7-14(8-9-14)11-16-10-12-5-3-4-6-13(12)15/h3-6,16H,2,7-11,15H2,1H3. The summed E-state index contributed by atoms with van der Waals surface area (Å²) in [6.45, 7) is 4.32. The lowest BCUT2D eigenvalue weighted by molar-refractivity contribution is 0.421. The van der Waals surface area contributed by atoms with E-state index in [9.17, 15) is 0 Å². The summed E-state index contributed by atoms with van der Waals surface area (Å²) in [6.07, 6.45) is 5.47. The minimum absolute atomic E-state index is 0.623. The van der Waals surface area contributed by atoms with Gasteiger partial charge in [-0.05, 0) is 36.3 Å². The van der Waals surface area contributed by atoms with Gasteiger partial charge >= 0.3 is 0 Å². The third kappa shape index (κ3) is 2.76. The number of rotatable bonds is 6. The van der Waals surface area contributed by atoms with Gasteiger partial charge in [0.15, 0.2) is 0 Å². The van der Waals surface area contributed by atoms with E-state index in [1.54, 1.807) is 0 Å². The first-order valence-electron chi connectivity index (χ1n) is 6.30. The van der Waals surface area contributed by atoms with E-state index in [1.165, 1.54) is 31.2 Å². The molecule has 88 valence electrons. The van der Waals surface area contributed by atoms with Crippen LogP contribution >= 0.6 is 0 Å². The molecule has 2 heteroatoms. The van der Waals surface area contributed by atoms with Crippen LogP contribution < -0.4 is 11.1 Å². The minimum Gasteiger partial charge on any atom is -0.398 e. The Morgan fingerprint density at radius 2 is 2.06 bits per heavy atom. The molecular weight excluding hydrogens is 196 g/mol. The second kappa shape index (κ2) is 4.88. The fourth-order valence-corrected chi connectivity index (χ4v) is 2.38. The van der Waals surface area contributed by atoms with Crippen LogP contribution in [0.1, 0.15) is 38.2 Å². The summed E-state index contributed by atoms with van der Waals surface area (Å²) >= 11 is 0. The highest BCUT2D eigenvalue weighted by atomic mass is 14.9. The largest absolute Gasteiger partial charge is 0.398 e. The van der Waals surface area contributed by atoms with Gasteiger partial charge < -0.3 is 11.1 Å². The summed E-state index contributed by atoms with van der Waals surface area (Å²) in [5.74, 6) is 0. The molecule has 2 nitrogen and oxygen atoms in total. The van der Waals surface area contributed by atoms with Crippen LogP contribution in [0, 0.1) is 5.41 Å². The van der Waals surface area contributed by atoms with Gasteiger partial charge in [-0.3, -0.25) is 0 Å². The van der Waals surface area contributed by atoms with Gasteiger partial charge in [-0.1, -0.05) is 31.5 Å². The van der Waals surface area contributed by atoms with Gasteiger partial charge in [0.05, 0.1) is 0 Å². The van der Waals surface area contributed by atoms with Crippen LogP contribution in [-0.4, -0.2) is 6.54 Å². The van der Waals surface area contributed by atoms with Crippen LogP contribution in [0.5, 0.6) is 0 Å². The highest BCUT2D eigenvalue weighted by Crippen LogP contribution is 2.48. The summed E-state index contributed by atoms with van der Waals surface area (Å²) in [4.78, 5) is 0. The smallest absolute Gasteiger partial charge is 0.0359 e. The lowest BCUT2D eigenvalue weighted by Gasteiger charge is -2.15. The number of para-hydroxylation sites is 1. The molecule has 0 aromatic heterocycles. The number of hydrogen-bond acceptors (Lipinski definition) is 2. The van der Waals surface area contributed by atoms with Crippen LogP contribution in [0.15, 0.2) is 24.3 Å². The zero-order valence-electron chi connectivity index (χ0n) is 10.1. The Bertz CT molecular complexity index is 342. The summed E-state index contributed by atoms with van der Waals surface area (Å²) in [5, 5.41) is 3.55. The van der Waals surface area contributed by atoms with Gasteiger partial charge in [-0.2, -0.15) is 0 Å². The van der Waals surface area contributed by atoms with E-state index < -0.39 is 0 Å². The topological polar surface area (TPSA) is 38.0 Å². The van der Waals surface area contributed by atoms with Crippen molar-refractivity contribution in [3.05, 3.63) is 29.8 Å². The maximum atomic E-state index is 5.90. The molecule has 0 heterocycles. The highest BCUT2D eigenvalue weighted by molar-refractivity contribution is 5.46. The molecule has 0 amide bonds. The van der Waals surface area contributed by atoms with Gasteiger partial charge in [-0.25, -0.2) is 0 Å². The number of hydrogen-bond donors (Lipinski definition) is 2. The van der Waals surface area contributed by atoms with E-state index in [0.29, 0.717) is 5.41 Å². The normalized spacial score (nSPS) is 17.3. The number of nitrogens with two attached hydrogens (primary N) is 1. The van der Waals surface area contributed by atoms with Crippen LogP contribution in [0.2, 0.25) is 0 Å². The number of benzene rings is 1. The van der Waals surface area contributed by atoms with E-state index in [4.69, 9.17) is 5.73 Å². The van der Waals surface area contributed by atoms with Crippen molar-refractivity contribution in [3.8, 4) is 0 Å². The zero-order chi connectivity index (χ0) is 11.4. The molecule has 0 spiro atoms. The highest BCUT2D eigenvalue weighted by Gasteiger charge is 2.40. The summed E-state index contributed by atoms with van der Waals surface area (Å²) in [6, 6.07) is 8.10. The number of nitrogens with one attached hydrogen (secondary N) is 1. The second-order valence-electron chi connectivity index (χ2n) is 5.05. The molecule has 2 rings (SSSR count). The lowest BCUT2D eigenvalue weighted by atomic mass is 10.0. The third-order valence-corrected chi connectivity index (χ3v) is 3.61. The minimum atomic E-state index is 0.623. The summed E-state index contributed by atoms with van der Waals surface area (Å²) in [5.41, 5.74) is 8.64. The Morgan fingerprint density at radius 3 is 2.69 bits per heavy atom. The molecule has 3 N–H and O–H groups in total. The van der Waals surface area contributed by atoms with Gasteiger partial charge in [0.2, 0.25) is 0 Å². The average Bonchev–Trinajstić information content (AvgIpc) is 3.02. The molecule has 1 aliphatic carbocycles. The molecule has 1 aromatic carbocycles. The Balaban J connectivity index is 1.78. The van der Waals surface area contributed by atoms with Crippen molar-refractivity contribution in [2.45, 2.75) is 39.2 Å². The monoisotopic (exact) mass is 218 g/mol. The molecule has 0 atom stereocenters. The van der Waals surface area contributed by atoms with Crippen molar-refractivity contribution in [2.24, 2.45) is 5.41 Å². The molecule has 0 bridgehead atoms. The molecule has 1 aliphatic rings. The van der Waals surface area contributed by atoms with Crippen LogP contribution in [0.3, 0.4) is 0 Å². The zero-order valence-corrected chi connectivity index (χ0v) is 10.1. The molecule has 1 saturated carbocycles. The Hall–Kier alpha value is -1.02. The van der Waals surface area contributed by atoms with Crippen molar-refractivity contribution in [1.29, 1.82) is 0 Å². The van der Waals surface area contributed by atoms with Crippen molar-refractivity contribution in [2.75, 3.05) is 12.3 Å². The average molecular weight is 218 g/mol. The first-order valence-corrected chi connectivity index (χ1v) is 6.30. The van der Waals surface area contributed by atoms with E-state index >= 15 is 0 Å². The molecule has 1 fully saturated rings. The molecule has 0 aliphatic heterocycles. The fraction of sp³-hybridized carbons (Fsp3) is 0.571. The maximum Gasteiger partial charge on any atom is 0.0359 e. The van der Waals surface area contributed by atoms with Crippen molar-refractivity contribution < 1.29 is 0 Å². The lowest BCUT2D eigenvalue weighted by Crippen LogP contribution is -2.23. The van der Waals surface area contributed by atoms with E-state index in [0.717, 1.165) is 18.8 Å². The Labute approximate surface area is 98.2 Å². The van der Waals surface area contributed by atoms with Crippen LogP contribution in [0.4, 0.5) is 5.69 Å². The number of anilines is 1. The van der Waals surface area contributed by atoms with Gasteiger partial charge in [0.25, 0.3) is 0 Å². The first-order chi connectivity index (χ1) is 7.76. The van der Waals surface area contributed by atoms with Gasteiger partial charge in [0, 0.05) is 18.8 Å². The molecular formula is C14H22N2. The first kappa shape index (κ1) is 11.5. The van der Waals surface area contributed by atoms with E-state index in [1.807, 2.05) is 18.2 Å². The maximum absolute atomic E-state index is 5.90. The van der Waals surface area contributed by atoms with Crippen molar-refractivity contribution in [3.63, 3.8) is 0 Å². The second-order valence-corrected chi connectivity index (χ2v) is 5.05. The summed E-state index contributed by atoms with van der Waals surface area (Å²) < 4.78 is 0. The van der Waals surface area contributed by atoms with Gasteiger partial charge in [-0.15, -0.1) is 0 Å². The third-order valence-electron chi connectivity index (χ3n) is 3.61. The molecule has 0 saturated heterocycles. The van der Waals surface area contributed by atoms with Crippen molar-refractivity contribution >= 4 is 5.69 Å². The molecule has 0 unspecified atom stereocenters. The molecule has 1 aromatic rings. The van der Waals surface area contributed by atoms with Crippen LogP contribution in [0.25, 0.3) is 0 Å². The van der Waals surface area contributed by atoms with E-state index in [2.05, 4.69) is 18.3 Å². The predicted molar refractivity (Wildman–Crippen MR) is 69.1 cm³/mol. The van der Waals surface area contributed by atoms with Crippen molar-refractivity contribution in [1.82, 2.24) is 5.32 Å². The fourth-order valence-electron chi connectivity index (χ4n) is 2.38. The number of nitrogen functional groups attached to an aromatic ring is 1. The molecule has 16 heavy (non-hydrogen) atoms.